The molecule has 2 saturated heterocycles. The van der Waals surface area contributed by atoms with E-state index in [-0.39, 0.29) is 35.9 Å². The fourth-order valence-electron chi connectivity index (χ4n) is 6.26. The van der Waals surface area contributed by atoms with Crippen LogP contribution in [0.2, 0.25) is 0 Å². The first-order valence-electron chi connectivity index (χ1n) is 16.1. The smallest absolute Gasteiger partial charge is 0.410 e. The van der Waals surface area contributed by atoms with Crippen LogP contribution < -0.4 is 0 Å². The van der Waals surface area contributed by atoms with Crippen LogP contribution in [-0.2, 0) is 19.0 Å². The third kappa shape index (κ3) is 8.28. The Morgan fingerprint density at radius 1 is 1.13 bits per heavy atom. The molecular formula is C33H46FN5O6. The third-order valence-corrected chi connectivity index (χ3v) is 9.14. The Balaban J connectivity index is 1.40. The van der Waals surface area contributed by atoms with Gasteiger partial charge in [-0.25, -0.2) is 13.9 Å². The lowest BCUT2D eigenvalue weighted by Gasteiger charge is -2.33. The van der Waals surface area contributed by atoms with Gasteiger partial charge in [0, 0.05) is 38.7 Å². The molecule has 0 bridgehead atoms. The number of ether oxygens (including phenoxy) is 3. The van der Waals surface area contributed by atoms with Gasteiger partial charge < -0.3 is 29.1 Å². The molecule has 246 valence electrons. The van der Waals surface area contributed by atoms with Gasteiger partial charge in [-0.3, -0.25) is 4.79 Å². The molecule has 0 radical (unpaired) electrons. The van der Waals surface area contributed by atoms with Crippen LogP contribution in [0.4, 0.5) is 9.18 Å². The number of hydrogen-bond donors (Lipinski definition) is 1. The molecule has 0 spiro atoms. The number of fused-ring (bicyclic) bond motifs is 1. The fourth-order valence-corrected chi connectivity index (χ4v) is 6.26. The molecule has 1 aromatic carbocycles. The van der Waals surface area contributed by atoms with E-state index in [1.54, 1.807) is 15.7 Å². The first-order chi connectivity index (χ1) is 21.6. The van der Waals surface area contributed by atoms with Crippen molar-refractivity contribution in [2.75, 3.05) is 46.4 Å². The minimum absolute atomic E-state index is 0.0204. The Labute approximate surface area is 264 Å². The van der Waals surface area contributed by atoms with Gasteiger partial charge in [0.15, 0.2) is 5.82 Å². The zero-order valence-electron chi connectivity index (χ0n) is 26.7. The molecule has 11 nitrogen and oxygen atoms in total. The maximum atomic E-state index is 15.2. The van der Waals surface area contributed by atoms with Gasteiger partial charge in [-0.15, -0.1) is 5.10 Å². The quantitative estimate of drug-likeness (QED) is 0.390. The van der Waals surface area contributed by atoms with Crippen LogP contribution >= 0.6 is 0 Å². The summed E-state index contributed by atoms with van der Waals surface area (Å²) in [5.41, 5.74) is 2.06. The average Bonchev–Trinajstić information content (AvgIpc) is 3.45. The van der Waals surface area contributed by atoms with Gasteiger partial charge >= 0.3 is 12.1 Å². The van der Waals surface area contributed by atoms with E-state index in [9.17, 15) is 14.7 Å². The van der Waals surface area contributed by atoms with Crippen molar-refractivity contribution in [1.82, 2.24) is 24.8 Å². The minimum Gasteiger partial charge on any atom is -0.457 e. The molecule has 5 rings (SSSR count). The second-order valence-electron chi connectivity index (χ2n) is 12.9. The zero-order chi connectivity index (χ0) is 32.1. The molecule has 4 heterocycles. The van der Waals surface area contributed by atoms with Crippen molar-refractivity contribution in [3.63, 3.8) is 0 Å². The van der Waals surface area contributed by atoms with Gasteiger partial charge in [-0.05, 0) is 74.9 Å². The number of nitrogens with zero attached hydrogens (tertiary/aromatic N) is 5. The first kappa shape index (κ1) is 33.0. The highest BCUT2D eigenvalue weighted by molar-refractivity contribution is 5.79. The SMILES string of the molecule is C/C(=C\c1cc(F)c2nnn([C@H]3CCCOC3)c2c1)[C@H]1OC(=O)C[C@H](O)CC[C@H](C)[C@@H](OC(=O)N2CCN(C)CC2)C=C[C@@H]1C. The number of hydrogen-bond acceptors (Lipinski definition) is 9. The van der Waals surface area contributed by atoms with Crippen LogP contribution in [0.5, 0.6) is 0 Å². The Bertz CT molecular complexity index is 1400. The Morgan fingerprint density at radius 3 is 2.64 bits per heavy atom. The number of piperazine rings is 1. The highest BCUT2D eigenvalue weighted by Gasteiger charge is 2.29. The second kappa shape index (κ2) is 14.8. The summed E-state index contributed by atoms with van der Waals surface area (Å²) in [4.78, 5) is 29.9. The van der Waals surface area contributed by atoms with Crippen molar-refractivity contribution < 1.29 is 33.3 Å². The molecule has 0 saturated carbocycles. The number of halogens is 1. The molecule has 2 aromatic rings. The van der Waals surface area contributed by atoms with Gasteiger partial charge in [-0.1, -0.05) is 31.2 Å². The van der Waals surface area contributed by atoms with E-state index in [4.69, 9.17) is 14.2 Å². The van der Waals surface area contributed by atoms with Gasteiger partial charge in [0.1, 0.15) is 17.7 Å². The lowest BCUT2D eigenvalue weighted by atomic mass is 9.91. The molecule has 3 aliphatic heterocycles. The van der Waals surface area contributed by atoms with E-state index >= 15 is 4.39 Å². The third-order valence-electron chi connectivity index (χ3n) is 9.14. The Kier molecular flexibility index (Phi) is 10.9. The monoisotopic (exact) mass is 627 g/mol. The molecule has 1 amide bonds. The normalized spacial score (nSPS) is 29.6. The van der Waals surface area contributed by atoms with Crippen molar-refractivity contribution in [2.24, 2.45) is 11.8 Å². The number of benzene rings is 1. The van der Waals surface area contributed by atoms with Gasteiger partial charge in [0.2, 0.25) is 0 Å². The predicted molar refractivity (Wildman–Crippen MR) is 167 cm³/mol. The van der Waals surface area contributed by atoms with E-state index in [2.05, 4.69) is 15.2 Å². The number of aliphatic hydroxyl groups excluding tert-OH is 1. The summed E-state index contributed by atoms with van der Waals surface area (Å²) in [5, 5.41) is 18.9. The average molecular weight is 628 g/mol. The number of aromatic nitrogens is 3. The highest BCUT2D eigenvalue weighted by Crippen LogP contribution is 2.29. The van der Waals surface area contributed by atoms with Crippen LogP contribution in [0.15, 0.2) is 29.9 Å². The van der Waals surface area contributed by atoms with Crippen molar-refractivity contribution >= 4 is 29.2 Å². The molecule has 0 unspecified atom stereocenters. The first-order valence-corrected chi connectivity index (χ1v) is 16.1. The predicted octanol–water partition coefficient (Wildman–Crippen LogP) is 4.36. The Morgan fingerprint density at radius 2 is 1.91 bits per heavy atom. The number of esters is 1. The van der Waals surface area contributed by atoms with Crippen LogP contribution in [0.3, 0.4) is 0 Å². The summed E-state index contributed by atoms with van der Waals surface area (Å²) in [6.45, 7) is 9.73. The van der Waals surface area contributed by atoms with Crippen LogP contribution in [0.1, 0.15) is 64.5 Å². The lowest BCUT2D eigenvalue weighted by molar-refractivity contribution is -0.151. The van der Waals surface area contributed by atoms with Crippen molar-refractivity contribution in [3.8, 4) is 0 Å². The van der Waals surface area contributed by atoms with Crippen LogP contribution in [-0.4, -0.2) is 107 Å². The fraction of sp³-hybridized carbons (Fsp3) is 0.636. The van der Waals surface area contributed by atoms with E-state index in [1.165, 1.54) is 6.07 Å². The van der Waals surface area contributed by atoms with E-state index in [0.29, 0.717) is 55.8 Å². The topological polar surface area (TPSA) is 119 Å². The van der Waals surface area contributed by atoms with E-state index in [0.717, 1.165) is 25.9 Å². The molecule has 6 atom stereocenters. The number of rotatable bonds is 4. The summed E-state index contributed by atoms with van der Waals surface area (Å²) >= 11 is 0. The van der Waals surface area contributed by atoms with Crippen LogP contribution in [0, 0.1) is 17.7 Å². The molecule has 1 N–H and O–H groups in total. The number of carbonyl (C=O) groups excluding carboxylic acids is 2. The molecule has 2 fully saturated rings. The molecule has 0 aliphatic carbocycles. The van der Waals surface area contributed by atoms with E-state index in [1.807, 2.05) is 46.0 Å². The zero-order valence-corrected chi connectivity index (χ0v) is 26.7. The summed E-state index contributed by atoms with van der Waals surface area (Å²) in [5.74, 6) is -1.37. The summed E-state index contributed by atoms with van der Waals surface area (Å²) < 4.78 is 34.5. The Hall–Kier alpha value is -3.35. The molecular weight excluding hydrogens is 581 g/mol. The second-order valence-corrected chi connectivity index (χ2v) is 12.9. The van der Waals surface area contributed by atoms with Gasteiger partial charge in [0.05, 0.1) is 30.7 Å². The molecule has 3 aliphatic rings. The molecule has 45 heavy (non-hydrogen) atoms. The number of likely N-dealkylation sites (N-methyl/N-ethyl adjacent to an activating group) is 1. The number of aliphatic hydroxyl groups is 1. The summed E-state index contributed by atoms with van der Waals surface area (Å²) in [7, 11) is 2.03. The van der Waals surface area contributed by atoms with Gasteiger partial charge in [0.25, 0.3) is 0 Å². The van der Waals surface area contributed by atoms with Crippen LogP contribution in [0.25, 0.3) is 17.1 Å². The highest BCUT2D eigenvalue weighted by atomic mass is 19.1. The van der Waals surface area contributed by atoms with E-state index < -0.39 is 30.1 Å². The standard InChI is InChI=1S/C33H46FN5O6/c1-21-7-9-26(40)19-30(41)45-32(22(2)8-10-29(21)44-33(42)38-13-11-37(4)12-14-38)23(3)16-24-17-27(34)31-28(18-24)39(36-35-31)25-6-5-15-43-20-25/h8,10,16-18,21-22,25-26,29,32,40H,5-7,9,11-15,19-20H2,1-4H3/b10-8?,23-16+/t21-,22-,25-,26+,29-,32-/m0/s1. The van der Waals surface area contributed by atoms with Gasteiger partial charge in [-0.2, -0.15) is 0 Å². The molecule has 12 heteroatoms. The molecule has 1 aromatic heterocycles. The van der Waals surface area contributed by atoms with Crippen molar-refractivity contribution in [1.29, 1.82) is 0 Å². The minimum atomic E-state index is -0.884. The lowest BCUT2D eigenvalue weighted by Crippen LogP contribution is -2.48. The maximum absolute atomic E-state index is 15.2. The summed E-state index contributed by atoms with van der Waals surface area (Å²) in [6.07, 6.45) is 5.70. The summed E-state index contributed by atoms with van der Waals surface area (Å²) in [6, 6.07) is 3.22. The number of cyclic esters (lactones) is 1. The number of carbonyl (C=O) groups is 2. The van der Waals surface area contributed by atoms with Crippen molar-refractivity contribution in [2.45, 2.75) is 77.2 Å². The largest absolute Gasteiger partial charge is 0.457 e. The maximum Gasteiger partial charge on any atom is 0.410 e. The number of amides is 1. The van der Waals surface area contributed by atoms with Crippen molar-refractivity contribution in [3.05, 3.63) is 41.2 Å².